The van der Waals surface area contributed by atoms with Crippen molar-refractivity contribution in [1.82, 2.24) is 0 Å². The molecule has 0 saturated carbocycles. The fourth-order valence-electron chi connectivity index (χ4n) is 0. The fraction of sp³-hybridized carbons (Fsp3) is 0.500. The minimum atomic E-state index is -0.833. The van der Waals surface area contributed by atoms with Gasteiger partial charge < -0.3 is 30.4 Å². The van der Waals surface area contributed by atoms with E-state index in [-0.39, 0.29) is 168 Å². The fourth-order valence-corrected chi connectivity index (χ4v) is 0. The van der Waals surface area contributed by atoms with Gasteiger partial charge in [0.25, 0.3) is 23.9 Å². The van der Waals surface area contributed by atoms with E-state index in [0.29, 0.717) is 0 Å². The summed E-state index contributed by atoms with van der Waals surface area (Å²) >= 11 is 0. The minimum Gasteiger partial charge on any atom is -1.00 e. The van der Waals surface area contributed by atoms with Crippen molar-refractivity contribution in [1.29, 1.82) is 0 Å². The Morgan fingerprint density at radius 2 is 0.650 bits per heavy atom. The Bertz CT molecular complexity index is 201. The van der Waals surface area contributed by atoms with E-state index in [2.05, 4.69) is 0 Å². The molecular weight excluding hydrogens is 415 g/mol. The maximum Gasteiger partial charge on any atom is 2.00 e. The van der Waals surface area contributed by atoms with Crippen LogP contribution in [-0.4, -0.2) is 151 Å². The van der Waals surface area contributed by atoms with Crippen molar-refractivity contribution in [2.24, 2.45) is 0 Å². The van der Waals surface area contributed by atoms with Crippen LogP contribution >= 0.6 is 0 Å². The summed E-state index contributed by atoms with van der Waals surface area (Å²) in [5.74, 6) is -3.33. The molecule has 12 heteroatoms. The Morgan fingerprint density at radius 3 is 0.650 bits per heavy atom. The molecular formula is C8H23CaKMgO8Sr. The Hall–Kier alpha value is 3.02. The molecule has 0 spiro atoms. The summed E-state index contributed by atoms with van der Waals surface area (Å²) in [6, 6.07) is 0. The number of hydrogen-bond donors (Lipinski definition) is 4. The van der Waals surface area contributed by atoms with E-state index in [1.54, 1.807) is 0 Å². The molecule has 0 rings (SSSR count). The number of rotatable bonds is 0. The van der Waals surface area contributed by atoms with Gasteiger partial charge in [-0.3, -0.25) is 19.2 Å². The first kappa shape index (κ1) is 49.5. The van der Waals surface area contributed by atoms with Crippen molar-refractivity contribution in [3.05, 3.63) is 0 Å². The van der Waals surface area contributed by atoms with Crippen LogP contribution in [0.25, 0.3) is 0 Å². The summed E-state index contributed by atoms with van der Waals surface area (Å²) in [4.78, 5) is 36.0. The smallest absolute Gasteiger partial charge is 1.00 e. The zero-order valence-corrected chi connectivity index (χ0v) is 22.8. The van der Waals surface area contributed by atoms with Crippen molar-refractivity contribution in [3.8, 4) is 0 Å². The third-order valence-electron chi connectivity index (χ3n) is 0. The minimum absolute atomic E-state index is 0. The third kappa shape index (κ3) is 922. The zero-order chi connectivity index (χ0) is 14.3. The van der Waals surface area contributed by atoms with Crippen LogP contribution in [0, 0.1) is 0 Å². The quantitative estimate of drug-likeness (QED) is 0.293. The van der Waals surface area contributed by atoms with Crippen LogP contribution in [0.4, 0.5) is 0 Å². The molecule has 0 aromatic rings. The van der Waals surface area contributed by atoms with E-state index in [0.717, 1.165) is 27.7 Å². The molecule has 0 aliphatic rings. The second-order valence-electron chi connectivity index (χ2n) is 2.08. The largest absolute Gasteiger partial charge is 2.00 e. The Labute approximate surface area is 253 Å². The Kier molecular flexibility index (Phi) is 107. The normalized spacial score (nSPS) is 5.00. The maximum absolute atomic E-state index is 9.00. The molecule has 0 aliphatic carbocycles. The zero-order valence-electron chi connectivity index (χ0n) is 19.5. The first-order valence-electron chi connectivity index (χ1n) is 3.71. The van der Waals surface area contributed by atoms with Crippen molar-refractivity contribution < 1.29 is 101 Å². The standard InChI is InChI=1S/4C2H4O2.Ca.K.Mg.Sr.7H/c4*1-2(3)4;;;;;;;;;;;/h4*1H3,(H,3,4);;;;;;;;;;;/q;;;;+2;+1;2*+2;7*-1. The van der Waals surface area contributed by atoms with E-state index in [1.807, 2.05) is 0 Å². The monoisotopic (exact) mass is 438 g/mol. The van der Waals surface area contributed by atoms with E-state index >= 15 is 0 Å². The summed E-state index contributed by atoms with van der Waals surface area (Å²) < 4.78 is 0. The Morgan fingerprint density at radius 1 is 0.650 bits per heavy atom. The van der Waals surface area contributed by atoms with Crippen molar-refractivity contribution >= 4 is 130 Å². The molecule has 0 saturated heterocycles. The number of aliphatic carboxylic acids is 4. The molecule has 0 bridgehead atoms. The number of carboxylic acid groups (broad SMARTS) is 4. The molecule has 0 radical (unpaired) electrons. The van der Waals surface area contributed by atoms with Crippen LogP contribution in [0.1, 0.15) is 37.7 Å². The second-order valence-corrected chi connectivity index (χ2v) is 2.08. The number of hydrogen-bond acceptors (Lipinski definition) is 4. The summed E-state index contributed by atoms with van der Waals surface area (Å²) in [6.45, 7) is 4.33. The van der Waals surface area contributed by atoms with Crippen LogP contribution in [0.2, 0.25) is 0 Å². The summed E-state index contributed by atoms with van der Waals surface area (Å²) in [7, 11) is 0. The Balaban J connectivity index is -0.00000000482. The van der Waals surface area contributed by atoms with Crippen LogP contribution in [0.3, 0.4) is 0 Å². The van der Waals surface area contributed by atoms with Crippen molar-refractivity contribution in [2.75, 3.05) is 0 Å². The topological polar surface area (TPSA) is 149 Å². The molecule has 4 N–H and O–H groups in total. The average molecular weight is 438 g/mol. The van der Waals surface area contributed by atoms with Gasteiger partial charge in [-0.2, -0.15) is 0 Å². The van der Waals surface area contributed by atoms with Gasteiger partial charge in [-0.1, -0.05) is 0 Å². The van der Waals surface area contributed by atoms with Gasteiger partial charge in [-0.15, -0.1) is 0 Å². The molecule has 0 fully saturated rings. The van der Waals surface area contributed by atoms with Gasteiger partial charge in [0, 0.05) is 27.7 Å². The SMILES string of the molecule is CC(=O)O.CC(=O)O.CC(=O)O.CC(=O)O.[Ca+2].[H-].[H-].[H-].[H-].[H-].[H-].[H-].[K+].[Mg+2].[Sr+2]. The molecule has 0 atom stereocenters. The van der Waals surface area contributed by atoms with Gasteiger partial charge in [0.1, 0.15) is 0 Å². The molecule has 110 valence electrons. The van der Waals surface area contributed by atoms with Gasteiger partial charge in [0.15, 0.2) is 0 Å². The second kappa shape index (κ2) is 43.1. The van der Waals surface area contributed by atoms with Gasteiger partial charge in [-0.25, -0.2) is 0 Å². The van der Waals surface area contributed by atoms with Crippen LogP contribution in [0.15, 0.2) is 0 Å². The van der Waals surface area contributed by atoms with Gasteiger partial charge in [0.05, 0.1) is 0 Å². The average Bonchev–Trinajstić information content (AvgIpc) is 1.76. The van der Waals surface area contributed by atoms with E-state index in [9.17, 15) is 0 Å². The molecule has 8 nitrogen and oxygen atoms in total. The van der Waals surface area contributed by atoms with E-state index in [4.69, 9.17) is 39.6 Å². The predicted molar refractivity (Wildman–Crippen MR) is 78.3 cm³/mol. The molecule has 0 unspecified atom stereocenters. The number of carbonyl (C=O) groups is 4. The van der Waals surface area contributed by atoms with Gasteiger partial charge >= 0.3 is 158 Å². The van der Waals surface area contributed by atoms with Crippen molar-refractivity contribution in [2.45, 2.75) is 27.7 Å². The van der Waals surface area contributed by atoms with Crippen LogP contribution < -0.4 is 51.4 Å². The molecule has 0 amide bonds. The molecule has 20 heavy (non-hydrogen) atoms. The molecule has 0 aliphatic heterocycles. The number of carboxylic acids is 4. The third-order valence-corrected chi connectivity index (χ3v) is 0. The molecule has 0 aromatic carbocycles. The predicted octanol–water partition coefficient (Wildman–Crippen LogP) is -2.99. The first-order valence-corrected chi connectivity index (χ1v) is 3.71. The van der Waals surface area contributed by atoms with Crippen LogP contribution in [-0.2, 0) is 19.2 Å². The molecule has 0 aromatic heterocycles. The van der Waals surface area contributed by atoms with E-state index in [1.165, 1.54) is 0 Å². The molecule has 0 heterocycles. The summed E-state index contributed by atoms with van der Waals surface area (Å²) in [5, 5.41) is 29.7. The van der Waals surface area contributed by atoms with Crippen LogP contribution in [0.5, 0.6) is 0 Å². The first-order chi connectivity index (χ1) is 6.93. The summed E-state index contributed by atoms with van der Waals surface area (Å²) in [6.07, 6.45) is 0. The van der Waals surface area contributed by atoms with Crippen molar-refractivity contribution in [3.63, 3.8) is 0 Å². The van der Waals surface area contributed by atoms with E-state index < -0.39 is 23.9 Å². The summed E-state index contributed by atoms with van der Waals surface area (Å²) in [5.41, 5.74) is 0. The maximum atomic E-state index is 9.00. The van der Waals surface area contributed by atoms with Gasteiger partial charge in [-0.05, 0) is 0 Å². The van der Waals surface area contributed by atoms with Gasteiger partial charge in [0.2, 0.25) is 0 Å².